The van der Waals surface area contributed by atoms with E-state index in [0.29, 0.717) is 17.8 Å². The molecule has 0 atom stereocenters. The molecule has 16 heavy (non-hydrogen) atoms. The van der Waals surface area contributed by atoms with Crippen molar-refractivity contribution < 1.29 is 36.4 Å². The molecule has 0 N–H and O–H groups in total. The summed E-state index contributed by atoms with van der Waals surface area (Å²) in [6.07, 6.45) is 0. The molecule has 0 unspecified atom stereocenters. The number of hydrogen-bond acceptors (Lipinski definition) is 3. The summed E-state index contributed by atoms with van der Waals surface area (Å²) in [7, 11) is 0. The van der Waals surface area contributed by atoms with E-state index in [9.17, 15) is 15.3 Å². The van der Waals surface area contributed by atoms with E-state index in [1.807, 2.05) is 41.5 Å². The molecule has 0 fully saturated rings. The first-order valence-electron chi connectivity index (χ1n) is 5.55. The molecule has 0 radical (unpaired) electrons. The molecule has 102 valence electrons. The molecule has 0 rings (SSSR count). The van der Waals surface area contributed by atoms with Crippen molar-refractivity contribution in [1.29, 1.82) is 0 Å². The van der Waals surface area contributed by atoms with E-state index in [2.05, 4.69) is 0 Å². The normalized spacial score (nSPS) is 9.00. The molecule has 0 saturated carbocycles. The van der Waals surface area contributed by atoms with E-state index in [-0.39, 0.29) is 40.9 Å². The smallest absolute Gasteiger partial charge is 0 e. The average molecular weight is 403 g/mol. The Labute approximate surface area is 116 Å². The Balaban J connectivity index is -0.0000000655. The Kier molecular flexibility index (Phi) is 33.2. The van der Waals surface area contributed by atoms with Crippen molar-refractivity contribution >= 4 is 0 Å². The van der Waals surface area contributed by atoms with Crippen LogP contribution in [-0.2, 0) is 21.1 Å². The van der Waals surface area contributed by atoms with Crippen LogP contribution in [0.1, 0.15) is 41.5 Å². The van der Waals surface area contributed by atoms with Crippen LogP contribution in [0.3, 0.4) is 0 Å². The summed E-state index contributed by atoms with van der Waals surface area (Å²) in [4.78, 5) is 0. The molecule has 4 heteroatoms. The van der Waals surface area contributed by atoms with Crippen LogP contribution in [0.5, 0.6) is 0 Å². The fourth-order valence-corrected chi connectivity index (χ4v) is 0. The van der Waals surface area contributed by atoms with Crippen LogP contribution in [-0.4, -0.2) is 19.8 Å². The van der Waals surface area contributed by atoms with E-state index in [0.717, 1.165) is 0 Å². The van der Waals surface area contributed by atoms with Crippen molar-refractivity contribution in [3.63, 3.8) is 0 Å². The van der Waals surface area contributed by atoms with Crippen molar-refractivity contribution in [2.75, 3.05) is 19.8 Å². The Bertz CT molecular complexity index is 77.2. The number of rotatable bonds is 3. The van der Waals surface area contributed by atoms with Crippen LogP contribution in [0.15, 0.2) is 0 Å². The van der Waals surface area contributed by atoms with Crippen LogP contribution >= 0.6 is 0 Å². The summed E-state index contributed by atoms with van der Waals surface area (Å²) in [5.74, 6) is 0.986. The molecule has 0 amide bonds. The van der Waals surface area contributed by atoms with Crippen molar-refractivity contribution in [3.05, 3.63) is 0 Å². The monoisotopic (exact) mass is 403 g/mol. The van der Waals surface area contributed by atoms with Gasteiger partial charge in [0.25, 0.3) is 0 Å². The Hall–Kier alpha value is 0.568. The number of hydrogen-bond donors (Lipinski definition) is 0. The quantitative estimate of drug-likeness (QED) is 0.667. The van der Waals surface area contributed by atoms with Gasteiger partial charge in [-0.25, -0.2) is 0 Å². The molecule has 0 aromatic heterocycles. The van der Waals surface area contributed by atoms with E-state index < -0.39 is 0 Å². The summed E-state index contributed by atoms with van der Waals surface area (Å²) in [6, 6.07) is 0. The zero-order chi connectivity index (χ0) is 12.9. The molecule has 0 aliphatic carbocycles. The second kappa shape index (κ2) is 20.9. The molecule has 0 heterocycles. The van der Waals surface area contributed by atoms with Gasteiger partial charge in [-0.2, -0.15) is 0 Å². The molecular weight excluding hydrogens is 376 g/mol. The average Bonchev–Trinajstić information content (AvgIpc) is 2.19. The molecule has 0 spiro atoms. The van der Waals surface area contributed by atoms with Crippen LogP contribution in [0.25, 0.3) is 0 Å². The van der Waals surface area contributed by atoms with Gasteiger partial charge in [0, 0.05) is 21.1 Å². The molecule has 0 saturated heterocycles. The van der Waals surface area contributed by atoms with Crippen LogP contribution in [0.2, 0.25) is 0 Å². The molecular formula is C12H27O3W-3. The third kappa shape index (κ3) is 62.2. The molecule has 0 aromatic carbocycles. The topological polar surface area (TPSA) is 69.2 Å². The third-order valence-corrected chi connectivity index (χ3v) is 1.00. The van der Waals surface area contributed by atoms with Gasteiger partial charge in [0.2, 0.25) is 0 Å². The predicted octanol–water partition coefficient (Wildman–Crippen LogP) is 0.00560. The molecule has 0 bridgehead atoms. The second-order valence-electron chi connectivity index (χ2n) is 4.68. The first-order chi connectivity index (χ1) is 6.81. The van der Waals surface area contributed by atoms with Gasteiger partial charge in [-0.05, 0) is 0 Å². The van der Waals surface area contributed by atoms with Gasteiger partial charge in [0.1, 0.15) is 0 Å². The maximum absolute atomic E-state index is 9.63. The van der Waals surface area contributed by atoms with Crippen molar-refractivity contribution in [2.45, 2.75) is 41.5 Å². The van der Waals surface area contributed by atoms with Gasteiger partial charge in [-0.15, -0.1) is 19.8 Å². The fourth-order valence-electron chi connectivity index (χ4n) is 0. The van der Waals surface area contributed by atoms with E-state index in [1.54, 1.807) is 0 Å². The molecule has 0 aliphatic rings. The van der Waals surface area contributed by atoms with Crippen molar-refractivity contribution in [3.8, 4) is 0 Å². The third-order valence-electron chi connectivity index (χ3n) is 1.00. The zero-order valence-electron chi connectivity index (χ0n) is 11.5. The van der Waals surface area contributed by atoms with Gasteiger partial charge in [-0.3, -0.25) is 0 Å². The SMILES string of the molecule is CC(C)C[O-].CC(C)C[O-].CC(C)C[O-].[W]. The van der Waals surface area contributed by atoms with Crippen LogP contribution < -0.4 is 15.3 Å². The summed E-state index contributed by atoms with van der Waals surface area (Å²) in [5.41, 5.74) is 0. The Morgan fingerprint density at radius 2 is 0.625 bits per heavy atom. The predicted molar refractivity (Wildman–Crippen MR) is 59.1 cm³/mol. The minimum atomic E-state index is 0. The first kappa shape index (κ1) is 25.4. The Morgan fingerprint density at radius 3 is 0.625 bits per heavy atom. The minimum absolute atomic E-state index is 0. The van der Waals surface area contributed by atoms with Gasteiger partial charge < -0.3 is 15.3 Å². The zero-order valence-corrected chi connectivity index (χ0v) is 14.4. The summed E-state index contributed by atoms with van der Waals surface area (Å²) >= 11 is 0. The maximum Gasteiger partial charge on any atom is 0 e. The molecule has 3 nitrogen and oxygen atoms in total. The van der Waals surface area contributed by atoms with Crippen LogP contribution in [0, 0.1) is 17.8 Å². The van der Waals surface area contributed by atoms with Crippen molar-refractivity contribution in [2.24, 2.45) is 17.8 Å². The summed E-state index contributed by atoms with van der Waals surface area (Å²) in [5, 5.41) is 28.9. The summed E-state index contributed by atoms with van der Waals surface area (Å²) < 4.78 is 0. The first-order valence-corrected chi connectivity index (χ1v) is 5.55. The van der Waals surface area contributed by atoms with Gasteiger partial charge in [0.05, 0.1) is 0 Å². The minimum Gasteiger partial charge on any atom is -0.854 e. The van der Waals surface area contributed by atoms with Crippen molar-refractivity contribution in [1.82, 2.24) is 0 Å². The van der Waals surface area contributed by atoms with Gasteiger partial charge in [-0.1, -0.05) is 59.3 Å². The largest absolute Gasteiger partial charge is 0.854 e. The van der Waals surface area contributed by atoms with Gasteiger partial charge in [0.15, 0.2) is 0 Å². The Morgan fingerprint density at radius 1 is 0.562 bits per heavy atom. The van der Waals surface area contributed by atoms with Crippen LogP contribution in [0.4, 0.5) is 0 Å². The molecule has 0 aromatic rings. The summed E-state index contributed by atoms with van der Waals surface area (Å²) in [6.45, 7) is 11.6. The fraction of sp³-hybridized carbons (Fsp3) is 1.00. The van der Waals surface area contributed by atoms with E-state index in [4.69, 9.17) is 0 Å². The van der Waals surface area contributed by atoms with Gasteiger partial charge >= 0.3 is 0 Å². The maximum atomic E-state index is 9.63. The van der Waals surface area contributed by atoms with E-state index in [1.165, 1.54) is 0 Å². The standard InChI is InChI=1S/3C4H9O.W/c3*1-4(2)3-5;/h3*4H,3H2,1-2H3;/q3*-1;. The van der Waals surface area contributed by atoms with E-state index >= 15 is 0 Å². The molecule has 0 aliphatic heterocycles. The second-order valence-corrected chi connectivity index (χ2v) is 4.68.